The van der Waals surface area contributed by atoms with E-state index in [9.17, 15) is 5.11 Å². The van der Waals surface area contributed by atoms with Crippen LogP contribution < -0.4 is 0 Å². The van der Waals surface area contributed by atoms with Gasteiger partial charge in [-0.05, 0) is 97.7 Å². The lowest BCUT2D eigenvalue weighted by molar-refractivity contribution is -0.0573. The van der Waals surface area contributed by atoms with E-state index in [1.54, 1.807) is 0 Å². The second-order valence-corrected chi connectivity index (χ2v) is 11.8. The Kier molecular flexibility index (Phi) is 5.11. The Morgan fingerprint density at radius 3 is 2.68 bits per heavy atom. The SMILES string of the molecule is [3H][C@H]1[C@H](O)CC2=CC[C@H]3[C@@H]4CC[C@H]([C@H](C)CCCC(C)C)[C@@]4(C)CC[C@@H]3[C@@]2(C)[C@H]1[3H]. The van der Waals surface area contributed by atoms with Crippen molar-refractivity contribution in [2.75, 3.05) is 0 Å². The molecule has 3 fully saturated rings. The van der Waals surface area contributed by atoms with Crippen LogP contribution in [0.4, 0.5) is 0 Å². The number of rotatable bonds is 5. The molecule has 0 unspecified atom stereocenters. The summed E-state index contributed by atoms with van der Waals surface area (Å²) in [6.07, 6.45) is 11.8. The predicted molar refractivity (Wildman–Crippen MR) is 119 cm³/mol. The fourth-order valence-electron chi connectivity index (χ4n) is 8.26. The molecule has 4 aliphatic carbocycles. The quantitative estimate of drug-likeness (QED) is 0.485. The molecule has 160 valence electrons. The third kappa shape index (κ3) is 3.42. The van der Waals surface area contributed by atoms with Crippen molar-refractivity contribution in [3.63, 3.8) is 0 Å². The van der Waals surface area contributed by atoms with Crippen LogP contribution in [-0.2, 0) is 0 Å². The highest BCUT2D eigenvalue weighted by Crippen LogP contribution is 2.67. The van der Waals surface area contributed by atoms with E-state index < -0.39 is 18.9 Å². The maximum absolute atomic E-state index is 10.3. The Labute approximate surface area is 177 Å². The Bertz CT molecular complexity index is 659. The Hall–Kier alpha value is -0.300. The summed E-state index contributed by atoms with van der Waals surface area (Å²) in [5.41, 5.74) is 1.57. The molecule has 0 amide bonds. The fraction of sp³-hybridized carbons (Fsp3) is 0.926. The van der Waals surface area contributed by atoms with Gasteiger partial charge in [-0.1, -0.05) is 65.5 Å². The number of aliphatic hydroxyl groups excluding tert-OH is 1. The highest BCUT2D eigenvalue weighted by molar-refractivity contribution is 5.25. The molecule has 4 rings (SSSR count). The van der Waals surface area contributed by atoms with Crippen LogP contribution in [-0.4, -0.2) is 11.2 Å². The summed E-state index contributed by atoms with van der Waals surface area (Å²) in [7, 11) is 0. The van der Waals surface area contributed by atoms with Crippen LogP contribution >= 0.6 is 0 Å². The highest BCUT2D eigenvalue weighted by atomic mass is 16.3. The molecule has 10 atom stereocenters. The second kappa shape index (κ2) is 7.75. The molecule has 0 aromatic heterocycles. The summed E-state index contributed by atoms with van der Waals surface area (Å²) in [6.45, 7) is 12.1. The Morgan fingerprint density at radius 1 is 1.14 bits per heavy atom. The zero-order valence-electron chi connectivity index (χ0n) is 21.1. The van der Waals surface area contributed by atoms with Gasteiger partial charge in [-0.15, -0.1) is 0 Å². The third-order valence-corrected chi connectivity index (χ3v) is 9.83. The number of hydrogen-bond donors (Lipinski definition) is 1. The van der Waals surface area contributed by atoms with Gasteiger partial charge in [-0.25, -0.2) is 0 Å². The van der Waals surface area contributed by atoms with E-state index >= 15 is 0 Å². The zero-order valence-corrected chi connectivity index (χ0v) is 19.1. The first-order valence-corrected chi connectivity index (χ1v) is 12.3. The molecule has 0 radical (unpaired) electrons. The van der Waals surface area contributed by atoms with Crippen LogP contribution in [0.2, 0.25) is 0 Å². The normalized spacial score (nSPS) is 52.8. The molecule has 1 heteroatoms. The largest absolute Gasteiger partial charge is 0.393 e. The number of fused-ring (bicyclic) bond motifs is 5. The smallest absolute Gasteiger partial charge is 0.0577 e. The van der Waals surface area contributed by atoms with Gasteiger partial charge in [0.1, 0.15) is 0 Å². The standard InChI is InChI=1S/C27H46O/c1-18(2)7-6-8-19(3)23-11-12-24-22-10-9-20-17-21(28)13-15-26(20,4)25(22)14-16-27(23,24)5/h9,18-19,21-25,28H,6-8,10-17H2,1-5H3/t19-,21+,22+,23-,24+,25+,26+,27-/m1/s1/i13T,15T/t13-,15+,19-,21+,22+,23-,24+,25+,26+,27-. The fourth-order valence-corrected chi connectivity index (χ4v) is 8.26. The lowest BCUT2D eigenvalue weighted by Gasteiger charge is -2.58. The maximum Gasteiger partial charge on any atom is 0.0577 e. The Balaban J connectivity index is 1.53. The van der Waals surface area contributed by atoms with E-state index in [-0.39, 0.29) is 5.41 Å². The average Bonchev–Trinajstić information content (AvgIpc) is 3.04. The van der Waals surface area contributed by atoms with Crippen LogP contribution in [0, 0.1) is 46.3 Å². The number of aliphatic hydroxyl groups is 1. The lowest BCUT2D eigenvalue weighted by Crippen LogP contribution is -2.50. The van der Waals surface area contributed by atoms with E-state index in [1.165, 1.54) is 50.5 Å². The number of hydrogen-bond acceptors (Lipinski definition) is 1. The van der Waals surface area contributed by atoms with Gasteiger partial charge < -0.3 is 5.11 Å². The van der Waals surface area contributed by atoms with Crippen molar-refractivity contribution in [3.8, 4) is 0 Å². The van der Waals surface area contributed by atoms with Gasteiger partial charge in [0.05, 0.1) is 6.10 Å². The monoisotopic (exact) mass is 390 g/mol. The van der Waals surface area contributed by atoms with E-state index in [0.29, 0.717) is 23.7 Å². The molecule has 3 saturated carbocycles. The molecule has 0 bridgehead atoms. The Morgan fingerprint density at radius 2 is 1.93 bits per heavy atom. The molecule has 0 heterocycles. The molecule has 0 spiro atoms. The number of allylic oxidation sites excluding steroid dienone is 1. The van der Waals surface area contributed by atoms with Crippen molar-refractivity contribution >= 4 is 0 Å². The molecule has 4 aliphatic rings. The van der Waals surface area contributed by atoms with Crippen molar-refractivity contribution in [3.05, 3.63) is 11.6 Å². The lowest BCUT2D eigenvalue weighted by atomic mass is 9.47. The molecule has 0 aromatic rings. The van der Waals surface area contributed by atoms with Crippen LogP contribution in [0.25, 0.3) is 0 Å². The van der Waals surface area contributed by atoms with Crippen LogP contribution in [0.3, 0.4) is 0 Å². The summed E-state index contributed by atoms with van der Waals surface area (Å²) < 4.78 is 17.4. The molecule has 1 N–H and O–H groups in total. The summed E-state index contributed by atoms with van der Waals surface area (Å²) >= 11 is 0. The van der Waals surface area contributed by atoms with Gasteiger partial charge in [0.2, 0.25) is 0 Å². The van der Waals surface area contributed by atoms with E-state index in [1.807, 2.05) is 0 Å². The van der Waals surface area contributed by atoms with Gasteiger partial charge in [-0.3, -0.25) is 0 Å². The van der Waals surface area contributed by atoms with Crippen molar-refractivity contribution in [2.24, 2.45) is 46.3 Å². The van der Waals surface area contributed by atoms with E-state index in [2.05, 4.69) is 40.7 Å². The highest BCUT2D eigenvalue weighted by Gasteiger charge is 2.59. The van der Waals surface area contributed by atoms with Crippen molar-refractivity contribution in [2.45, 2.75) is 111 Å². The van der Waals surface area contributed by atoms with Gasteiger partial charge >= 0.3 is 0 Å². The molecule has 0 saturated heterocycles. The molecule has 1 nitrogen and oxygen atoms in total. The van der Waals surface area contributed by atoms with Gasteiger partial charge in [0.15, 0.2) is 0 Å². The molecule has 0 aromatic carbocycles. The molecular weight excluding hydrogens is 340 g/mol. The maximum atomic E-state index is 10.3. The summed E-state index contributed by atoms with van der Waals surface area (Å²) in [6, 6.07) is 0. The molecule has 28 heavy (non-hydrogen) atoms. The third-order valence-electron chi connectivity index (χ3n) is 9.83. The van der Waals surface area contributed by atoms with Crippen LogP contribution in [0.5, 0.6) is 0 Å². The first-order chi connectivity index (χ1) is 14.1. The topological polar surface area (TPSA) is 20.2 Å². The first kappa shape index (κ1) is 18.5. The van der Waals surface area contributed by atoms with Crippen LogP contribution in [0.15, 0.2) is 11.6 Å². The van der Waals surface area contributed by atoms with E-state index in [0.717, 1.165) is 30.1 Å². The predicted octanol–water partition coefficient (Wildman–Crippen LogP) is 7.39. The van der Waals surface area contributed by atoms with Crippen molar-refractivity contribution in [1.82, 2.24) is 0 Å². The van der Waals surface area contributed by atoms with E-state index in [4.69, 9.17) is 2.74 Å². The average molecular weight is 391 g/mol. The minimum Gasteiger partial charge on any atom is -0.393 e. The van der Waals surface area contributed by atoms with Gasteiger partial charge in [0, 0.05) is 2.74 Å². The minimum absolute atomic E-state index is 0.198. The zero-order chi connectivity index (χ0) is 21.8. The van der Waals surface area contributed by atoms with Gasteiger partial charge in [0.25, 0.3) is 0 Å². The minimum atomic E-state index is -0.656. The van der Waals surface area contributed by atoms with Crippen molar-refractivity contribution in [1.29, 1.82) is 0 Å². The summed E-state index contributed by atoms with van der Waals surface area (Å²) in [5.74, 6) is 4.50. The second-order valence-electron chi connectivity index (χ2n) is 11.8. The first-order valence-electron chi connectivity index (χ1n) is 13.5. The summed E-state index contributed by atoms with van der Waals surface area (Å²) in [4.78, 5) is 0. The van der Waals surface area contributed by atoms with Crippen LogP contribution in [0.1, 0.15) is 108 Å². The van der Waals surface area contributed by atoms with Crippen molar-refractivity contribution < 1.29 is 7.85 Å². The summed E-state index contributed by atoms with van der Waals surface area (Å²) in [5, 5.41) is 10.3. The molecular formula is C27H46O. The van der Waals surface area contributed by atoms with Gasteiger partial charge in [-0.2, -0.15) is 0 Å². The molecule has 0 aliphatic heterocycles.